The van der Waals surface area contributed by atoms with Gasteiger partial charge in [0, 0.05) is 11.6 Å². The molecular weight excluding hydrogens is 253 g/mol. The molecule has 0 fully saturated rings. The molecule has 0 aliphatic rings. The molecule has 0 bridgehead atoms. The van der Waals surface area contributed by atoms with Crippen molar-refractivity contribution < 1.29 is 9.13 Å². The molecule has 2 nitrogen and oxygen atoms in total. The fourth-order valence-corrected chi connectivity index (χ4v) is 1.68. The summed E-state index contributed by atoms with van der Waals surface area (Å²) in [5.41, 5.74) is 7.05. The number of benzene rings is 2. The molecule has 0 amide bonds. The van der Waals surface area contributed by atoms with Gasteiger partial charge in [0.25, 0.3) is 0 Å². The number of hydrogen-bond donors (Lipinski definition) is 1. The third kappa shape index (κ3) is 2.81. The van der Waals surface area contributed by atoms with Crippen molar-refractivity contribution in [1.29, 1.82) is 0 Å². The maximum Gasteiger partial charge on any atom is 0.166 e. The molecule has 4 heteroatoms. The molecule has 2 aromatic carbocycles. The lowest BCUT2D eigenvalue weighted by Gasteiger charge is -2.09. The Morgan fingerprint density at radius 1 is 1.22 bits per heavy atom. The molecule has 2 aromatic rings. The van der Waals surface area contributed by atoms with Crippen LogP contribution in [0.5, 0.6) is 11.5 Å². The summed E-state index contributed by atoms with van der Waals surface area (Å²) in [6.07, 6.45) is 0. The van der Waals surface area contributed by atoms with Crippen LogP contribution in [0.15, 0.2) is 36.4 Å². The molecule has 0 unspecified atom stereocenters. The summed E-state index contributed by atoms with van der Waals surface area (Å²) in [5.74, 6) is 0.302. The third-order valence-corrected chi connectivity index (χ3v) is 3.01. The van der Waals surface area contributed by atoms with Gasteiger partial charge in [-0.1, -0.05) is 17.7 Å². The van der Waals surface area contributed by atoms with Crippen molar-refractivity contribution in [3.63, 3.8) is 0 Å². The molecule has 2 N–H and O–H groups in total. The first-order valence-corrected chi connectivity index (χ1v) is 5.90. The van der Waals surface area contributed by atoms with Gasteiger partial charge in [-0.25, -0.2) is 4.39 Å². The van der Waals surface area contributed by atoms with Crippen molar-refractivity contribution in [1.82, 2.24) is 0 Å². The number of nitrogens with two attached hydrogens (primary N) is 1. The number of rotatable bonds is 3. The first kappa shape index (κ1) is 12.9. The Hall–Kier alpha value is -1.58. The summed E-state index contributed by atoms with van der Waals surface area (Å²) in [6.45, 7) is 2.17. The van der Waals surface area contributed by atoms with Gasteiger partial charge in [0.1, 0.15) is 5.75 Å². The van der Waals surface area contributed by atoms with Crippen LogP contribution in [0.4, 0.5) is 4.39 Å². The van der Waals surface area contributed by atoms with Crippen LogP contribution in [0, 0.1) is 12.7 Å². The zero-order valence-electron chi connectivity index (χ0n) is 9.91. The molecule has 2 rings (SSSR count). The average molecular weight is 266 g/mol. The summed E-state index contributed by atoms with van der Waals surface area (Å²) in [5, 5.41) is 0.654. The van der Waals surface area contributed by atoms with Crippen LogP contribution < -0.4 is 10.5 Å². The van der Waals surface area contributed by atoms with E-state index in [1.807, 2.05) is 6.92 Å². The van der Waals surface area contributed by atoms with Gasteiger partial charge < -0.3 is 10.5 Å². The summed E-state index contributed by atoms with van der Waals surface area (Å²) < 4.78 is 19.2. The molecule has 0 spiro atoms. The molecule has 0 saturated carbocycles. The van der Waals surface area contributed by atoms with Gasteiger partial charge in [0.05, 0.1) is 0 Å². The summed E-state index contributed by atoms with van der Waals surface area (Å²) in [4.78, 5) is 0. The molecular formula is C14H13ClFNO. The van der Waals surface area contributed by atoms with Gasteiger partial charge in [-0.2, -0.15) is 0 Å². The molecule has 0 aromatic heterocycles. The lowest BCUT2D eigenvalue weighted by atomic mass is 10.2. The van der Waals surface area contributed by atoms with Crippen LogP contribution in [-0.4, -0.2) is 0 Å². The highest BCUT2D eigenvalue weighted by molar-refractivity contribution is 6.31. The normalized spacial score (nSPS) is 10.4. The zero-order valence-corrected chi connectivity index (χ0v) is 10.7. The predicted octanol–water partition coefficient (Wildman–Crippen LogP) is 4.04. The highest BCUT2D eigenvalue weighted by Crippen LogP contribution is 2.28. The number of halogens is 2. The van der Waals surface area contributed by atoms with Crippen LogP contribution in [0.2, 0.25) is 5.02 Å². The van der Waals surface area contributed by atoms with Crippen LogP contribution in [0.1, 0.15) is 11.1 Å². The van der Waals surface area contributed by atoms with Gasteiger partial charge in [0.2, 0.25) is 0 Å². The Balaban J connectivity index is 2.25. The van der Waals surface area contributed by atoms with Gasteiger partial charge in [-0.05, 0) is 48.4 Å². The monoisotopic (exact) mass is 265 g/mol. The minimum absolute atomic E-state index is 0.175. The Labute approximate surface area is 110 Å². The van der Waals surface area contributed by atoms with Gasteiger partial charge >= 0.3 is 0 Å². The van der Waals surface area contributed by atoms with Crippen molar-refractivity contribution in [2.45, 2.75) is 13.5 Å². The van der Waals surface area contributed by atoms with Gasteiger partial charge in [0.15, 0.2) is 11.6 Å². The third-order valence-electron chi connectivity index (χ3n) is 2.59. The van der Waals surface area contributed by atoms with E-state index in [0.717, 1.165) is 11.1 Å². The second-order valence-electron chi connectivity index (χ2n) is 3.98. The Kier molecular flexibility index (Phi) is 3.84. The SMILES string of the molecule is Cc1cc(Oc2ccc(CN)cc2F)ccc1Cl. The summed E-state index contributed by atoms with van der Waals surface area (Å²) >= 11 is 5.91. The van der Waals surface area contributed by atoms with Crippen molar-refractivity contribution in [2.24, 2.45) is 5.73 Å². The van der Waals surface area contributed by atoms with E-state index >= 15 is 0 Å². The molecule has 0 aliphatic heterocycles. The second-order valence-corrected chi connectivity index (χ2v) is 4.39. The van der Waals surface area contributed by atoms with Crippen molar-refractivity contribution in [3.8, 4) is 11.5 Å². The fourth-order valence-electron chi connectivity index (χ4n) is 1.56. The summed E-state index contributed by atoms with van der Waals surface area (Å²) in [6, 6.07) is 9.86. The zero-order chi connectivity index (χ0) is 13.1. The topological polar surface area (TPSA) is 35.2 Å². The van der Waals surface area contributed by atoms with Gasteiger partial charge in [-0.3, -0.25) is 0 Å². The first-order valence-electron chi connectivity index (χ1n) is 5.52. The number of ether oxygens (including phenoxy) is 1. The maximum atomic E-state index is 13.7. The number of hydrogen-bond acceptors (Lipinski definition) is 2. The van der Waals surface area contributed by atoms with Crippen LogP contribution in [0.3, 0.4) is 0 Å². The highest BCUT2D eigenvalue weighted by atomic mass is 35.5. The van der Waals surface area contributed by atoms with E-state index in [4.69, 9.17) is 22.1 Å². The molecule has 18 heavy (non-hydrogen) atoms. The molecule has 0 atom stereocenters. The molecule has 0 radical (unpaired) electrons. The van der Waals surface area contributed by atoms with Gasteiger partial charge in [-0.15, -0.1) is 0 Å². The van der Waals surface area contributed by atoms with E-state index in [-0.39, 0.29) is 5.75 Å². The van der Waals surface area contributed by atoms with Crippen LogP contribution in [0.25, 0.3) is 0 Å². The van der Waals surface area contributed by atoms with E-state index in [2.05, 4.69) is 0 Å². The number of aryl methyl sites for hydroxylation is 1. The minimum Gasteiger partial charge on any atom is -0.454 e. The largest absolute Gasteiger partial charge is 0.454 e. The summed E-state index contributed by atoms with van der Waals surface area (Å²) in [7, 11) is 0. The lowest BCUT2D eigenvalue weighted by molar-refractivity contribution is 0.441. The fraction of sp³-hybridized carbons (Fsp3) is 0.143. The van der Waals surface area contributed by atoms with Crippen molar-refractivity contribution in [3.05, 3.63) is 58.4 Å². The Bertz CT molecular complexity index is 572. The quantitative estimate of drug-likeness (QED) is 0.909. The van der Waals surface area contributed by atoms with E-state index in [9.17, 15) is 4.39 Å². The molecule has 0 saturated heterocycles. The minimum atomic E-state index is -0.425. The average Bonchev–Trinajstić information content (AvgIpc) is 2.36. The maximum absolute atomic E-state index is 13.7. The van der Waals surface area contributed by atoms with E-state index in [1.54, 1.807) is 30.3 Å². The van der Waals surface area contributed by atoms with Crippen molar-refractivity contribution in [2.75, 3.05) is 0 Å². The molecule has 0 heterocycles. The van der Waals surface area contributed by atoms with Crippen molar-refractivity contribution >= 4 is 11.6 Å². The molecule has 94 valence electrons. The second kappa shape index (κ2) is 5.38. The van der Waals surface area contributed by atoms with Crippen LogP contribution in [-0.2, 0) is 6.54 Å². The molecule has 0 aliphatic carbocycles. The smallest absolute Gasteiger partial charge is 0.166 e. The predicted molar refractivity (Wildman–Crippen MR) is 70.6 cm³/mol. The van der Waals surface area contributed by atoms with Crippen LogP contribution >= 0.6 is 11.6 Å². The Morgan fingerprint density at radius 2 is 2.00 bits per heavy atom. The van der Waals surface area contributed by atoms with E-state index < -0.39 is 5.82 Å². The Morgan fingerprint density at radius 3 is 2.61 bits per heavy atom. The highest BCUT2D eigenvalue weighted by Gasteiger charge is 2.06. The first-order chi connectivity index (χ1) is 8.60. The van der Waals surface area contributed by atoms with E-state index in [0.29, 0.717) is 17.3 Å². The van der Waals surface area contributed by atoms with E-state index in [1.165, 1.54) is 6.07 Å². The lowest BCUT2D eigenvalue weighted by Crippen LogP contribution is -1.97. The standard InChI is InChI=1S/C14H13ClFNO/c1-9-6-11(3-4-12(9)15)18-14-5-2-10(8-17)7-13(14)16/h2-7H,8,17H2,1H3.